The number of hydrogen-bond acceptors (Lipinski definition) is 6. The lowest BCUT2D eigenvalue weighted by molar-refractivity contribution is -0.278. The topological polar surface area (TPSA) is 101 Å². The van der Waals surface area contributed by atoms with Crippen LogP contribution in [0.25, 0.3) is 11.8 Å². The van der Waals surface area contributed by atoms with Gasteiger partial charge < -0.3 is 9.84 Å². The average molecular weight is 543 g/mol. The number of fused-ring (bicyclic) bond motifs is 1. The largest absolute Gasteiger partial charge is 0.858 e. The number of allylic oxidation sites excluding steroid dienone is 5. The number of benzene rings is 2. The molecule has 0 saturated heterocycles. The Kier molecular flexibility index (Phi) is 7.45. The zero-order valence-electron chi connectivity index (χ0n) is 18.6. The van der Waals surface area contributed by atoms with Gasteiger partial charge in [-0.1, -0.05) is 83.4 Å². The monoisotopic (exact) mass is 541 g/mol. The van der Waals surface area contributed by atoms with Crippen molar-refractivity contribution in [1.29, 1.82) is 0 Å². The van der Waals surface area contributed by atoms with E-state index in [9.17, 15) is 19.5 Å². The van der Waals surface area contributed by atoms with E-state index in [-0.39, 0.29) is 55.8 Å². The predicted molar refractivity (Wildman–Crippen MR) is 135 cm³/mol. The van der Waals surface area contributed by atoms with Crippen LogP contribution in [0.1, 0.15) is 43.7 Å². The lowest BCUT2D eigenvalue weighted by Gasteiger charge is -2.14. The number of esters is 1. The number of hydrogen-bond donors (Lipinski definition) is 0. The van der Waals surface area contributed by atoms with Crippen molar-refractivity contribution >= 4 is 58.4 Å². The lowest BCUT2D eigenvalue weighted by Crippen LogP contribution is -2.08. The minimum atomic E-state index is -0.805. The average Bonchev–Trinajstić information content (AvgIpc) is 3.28. The first-order valence-electron chi connectivity index (χ1n) is 10.6. The van der Waals surface area contributed by atoms with Gasteiger partial charge in [0.2, 0.25) is 0 Å². The summed E-state index contributed by atoms with van der Waals surface area (Å²) in [6.07, 6.45) is 7.21. The van der Waals surface area contributed by atoms with E-state index in [1.54, 1.807) is 31.2 Å². The molecule has 1 aliphatic carbocycles. The molecule has 0 saturated carbocycles. The van der Waals surface area contributed by atoms with Crippen LogP contribution in [-0.2, 0) is 4.74 Å². The molecule has 0 amide bonds. The van der Waals surface area contributed by atoms with Gasteiger partial charge in [0, 0.05) is 21.7 Å². The first-order valence-corrected chi connectivity index (χ1v) is 11.7. The molecular weight excluding hydrogens is 527 g/mol. The third-order valence-electron chi connectivity index (χ3n) is 5.19. The van der Waals surface area contributed by atoms with Crippen LogP contribution in [0.15, 0.2) is 66.3 Å². The molecule has 0 atom stereocenters. The van der Waals surface area contributed by atoms with Gasteiger partial charge >= 0.3 is 5.97 Å². The third kappa shape index (κ3) is 4.73. The minimum absolute atomic E-state index is 0.0393. The van der Waals surface area contributed by atoms with Gasteiger partial charge in [-0.2, -0.15) is 5.10 Å². The second-order valence-corrected chi connectivity index (χ2v) is 8.70. The highest BCUT2D eigenvalue weighted by Gasteiger charge is 2.31. The highest BCUT2D eigenvalue weighted by Crippen LogP contribution is 2.35. The Morgan fingerprint density at radius 2 is 1.64 bits per heavy atom. The molecule has 3 aromatic rings. The molecule has 7 nitrogen and oxygen atoms in total. The summed E-state index contributed by atoms with van der Waals surface area (Å²) in [5.74, 6) is -2.17. The van der Waals surface area contributed by atoms with Crippen LogP contribution in [0.5, 0.6) is 5.88 Å². The summed E-state index contributed by atoms with van der Waals surface area (Å²) in [6.45, 7) is 1.69. The van der Waals surface area contributed by atoms with E-state index < -0.39 is 11.8 Å². The van der Waals surface area contributed by atoms with Gasteiger partial charge in [-0.25, -0.2) is 9.48 Å². The number of ketones is 2. The zero-order chi connectivity index (χ0) is 26.0. The molecule has 1 aromatic heterocycles. The number of rotatable bonds is 6. The van der Waals surface area contributed by atoms with E-state index in [0.29, 0.717) is 11.1 Å². The number of carbonyl (C=O) groups is 3. The Morgan fingerprint density at radius 1 is 1.03 bits per heavy atom. The summed E-state index contributed by atoms with van der Waals surface area (Å²) in [4.78, 5) is 37.4. The van der Waals surface area contributed by atoms with E-state index in [1.165, 1.54) is 42.5 Å². The van der Waals surface area contributed by atoms with Crippen molar-refractivity contribution in [1.82, 2.24) is 9.78 Å². The Labute approximate surface area is 220 Å². The maximum Gasteiger partial charge on any atom is 0.359 e. The normalized spacial score (nSPS) is 13.2. The fourth-order valence-corrected chi connectivity index (χ4v) is 4.57. The maximum atomic E-state index is 13.1. The van der Waals surface area contributed by atoms with Crippen molar-refractivity contribution in [3.8, 4) is 11.6 Å². The maximum absolute atomic E-state index is 13.1. The Morgan fingerprint density at radius 3 is 2.22 bits per heavy atom. The van der Waals surface area contributed by atoms with Gasteiger partial charge in [-0.3, -0.25) is 9.59 Å². The molecule has 1 aliphatic rings. The molecule has 2 aromatic carbocycles. The molecule has 0 bridgehead atoms. The summed E-state index contributed by atoms with van der Waals surface area (Å²) in [6, 6.07) is 9.37. The number of ether oxygens (including phenoxy) is 1. The molecule has 0 N–H and O–H groups in total. The highest BCUT2D eigenvalue weighted by atomic mass is 35.5. The lowest BCUT2D eigenvalue weighted by atomic mass is 10.1. The first-order chi connectivity index (χ1) is 17.2. The summed E-state index contributed by atoms with van der Waals surface area (Å²) in [7, 11) is 0. The Hall–Kier alpha value is -3.65. The number of Topliss-reactive ketones (excluding diaryl/α,β-unsaturated/α-hetero) is 2. The smallest absolute Gasteiger partial charge is 0.359 e. The van der Waals surface area contributed by atoms with Crippen molar-refractivity contribution in [2.24, 2.45) is 0 Å². The van der Waals surface area contributed by atoms with Crippen LogP contribution in [0.2, 0.25) is 15.1 Å². The van der Waals surface area contributed by atoms with Crippen LogP contribution in [0.4, 0.5) is 0 Å². The molecule has 1 heterocycles. The fraction of sp³-hybridized carbons (Fsp3) is 0.0769. The van der Waals surface area contributed by atoms with Crippen molar-refractivity contribution in [3.05, 3.63) is 104 Å². The number of nitrogens with zero attached hydrogens (tertiary/aromatic N) is 2. The molecule has 4 rings (SSSR count). The van der Waals surface area contributed by atoms with E-state index >= 15 is 0 Å². The quantitative estimate of drug-likeness (QED) is 0.172. The second kappa shape index (κ2) is 10.5. The molecule has 0 radical (unpaired) electrons. The van der Waals surface area contributed by atoms with Gasteiger partial charge in [0.15, 0.2) is 17.3 Å². The number of halogens is 3. The molecule has 0 aliphatic heterocycles. The van der Waals surface area contributed by atoms with Crippen molar-refractivity contribution in [2.75, 3.05) is 6.61 Å². The summed E-state index contributed by atoms with van der Waals surface area (Å²) in [5, 5.41) is 17.6. The van der Waals surface area contributed by atoms with Gasteiger partial charge in [-0.15, -0.1) is 0 Å². The van der Waals surface area contributed by atoms with Crippen LogP contribution in [-0.4, -0.2) is 33.9 Å². The van der Waals surface area contributed by atoms with E-state index in [4.69, 9.17) is 39.5 Å². The summed E-state index contributed by atoms with van der Waals surface area (Å²) < 4.78 is 5.93. The summed E-state index contributed by atoms with van der Waals surface area (Å²) in [5.41, 5.74) is 0.532. The molecule has 0 unspecified atom stereocenters. The molecule has 0 spiro atoms. The molecule has 182 valence electrons. The van der Waals surface area contributed by atoms with Gasteiger partial charge in [-0.05, 0) is 31.0 Å². The van der Waals surface area contributed by atoms with Gasteiger partial charge in [0.1, 0.15) is 5.69 Å². The molecule has 10 heteroatoms. The van der Waals surface area contributed by atoms with Crippen molar-refractivity contribution < 1.29 is 24.2 Å². The van der Waals surface area contributed by atoms with E-state index in [0.717, 1.165) is 4.68 Å². The van der Waals surface area contributed by atoms with Gasteiger partial charge in [0.05, 0.1) is 22.2 Å². The van der Waals surface area contributed by atoms with E-state index in [2.05, 4.69) is 5.10 Å². The second-order valence-electron chi connectivity index (χ2n) is 7.45. The number of aromatic nitrogens is 2. The predicted octanol–water partition coefficient (Wildman–Crippen LogP) is 5.66. The SMILES string of the molecule is CCOC(=O)c1nn(-c2c(Cl)cc(Cl)cc2Cl)c([O-])c1/C=C/C=C/C=C1C(=O)c2ccccc2C1=O. The van der Waals surface area contributed by atoms with Crippen LogP contribution < -0.4 is 5.11 Å². The van der Waals surface area contributed by atoms with Crippen molar-refractivity contribution in [2.45, 2.75) is 6.92 Å². The Bertz CT molecular complexity index is 1440. The van der Waals surface area contributed by atoms with Crippen molar-refractivity contribution in [3.63, 3.8) is 0 Å². The molecule has 36 heavy (non-hydrogen) atoms. The standard InChI is InChI=1S/C26H17Cl3N2O5/c1-2-36-26(35)21-17(25(34)31(30-21)22-19(28)12-14(27)13-20(22)29)10-4-3-5-11-18-23(32)15-8-6-7-9-16(15)24(18)33/h3-13,34H,2H2,1H3/p-1/b5-3+,10-4+. The Balaban J connectivity index is 1.66. The third-order valence-corrected chi connectivity index (χ3v) is 5.99. The van der Waals surface area contributed by atoms with Gasteiger partial charge in [0.25, 0.3) is 0 Å². The van der Waals surface area contributed by atoms with Crippen LogP contribution in [0.3, 0.4) is 0 Å². The molecule has 0 fully saturated rings. The minimum Gasteiger partial charge on any atom is -0.858 e. The van der Waals surface area contributed by atoms with Crippen LogP contribution >= 0.6 is 34.8 Å². The zero-order valence-corrected chi connectivity index (χ0v) is 20.9. The van der Waals surface area contributed by atoms with E-state index in [1.807, 2.05) is 0 Å². The highest BCUT2D eigenvalue weighted by molar-refractivity contribution is 6.41. The molecular formula is C26H16Cl3N2O5-. The first kappa shape index (κ1) is 25.4. The fourth-order valence-electron chi connectivity index (χ4n) is 3.60. The van der Waals surface area contributed by atoms with Crippen LogP contribution in [0, 0.1) is 0 Å². The summed E-state index contributed by atoms with van der Waals surface area (Å²) >= 11 is 18.4. The number of carbonyl (C=O) groups excluding carboxylic acids is 3.